The summed E-state index contributed by atoms with van der Waals surface area (Å²) in [7, 11) is -8.60. The first-order valence-electron chi connectivity index (χ1n) is 12.5. The molecule has 40 heavy (non-hydrogen) atoms. The van der Waals surface area contributed by atoms with Crippen molar-refractivity contribution in [1.29, 1.82) is 0 Å². The minimum absolute atomic E-state index is 0. The van der Waals surface area contributed by atoms with Gasteiger partial charge >= 0.3 is 51.4 Å². The Morgan fingerprint density at radius 1 is 1.15 bits per heavy atom. The summed E-state index contributed by atoms with van der Waals surface area (Å²) >= 11 is 0. The number of fused-ring (bicyclic) bond motifs is 1. The summed E-state index contributed by atoms with van der Waals surface area (Å²) in [6.07, 6.45) is 1.52. The van der Waals surface area contributed by atoms with Crippen molar-refractivity contribution in [2.24, 2.45) is 0 Å². The Bertz CT molecular complexity index is 1510. The molecule has 0 radical (unpaired) electrons. The normalized spacial score (nSPS) is 14.9. The van der Waals surface area contributed by atoms with Crippen molar-refractivity contribution >= 4 is 23.4 Å². The number of imidazole rings is 1. The van der Waals surface area contributed by atoms with Crippen LogP contribution in [0.3, 0.4) is 0 Å². The molecular formula is C23H34KN6O8PS. The van der Waals surface area contributed by atoms with Crippen LogP contribution in [0.15, 0.2) is 27.9 Å². The van der Waals surface area contributed by atoms with Crippen LogP contribution >= 0.6 is 7.82 Å². The van der Waals surface area contributed by atoms with Gasteiger partial charge in [0.2, 0.25) is 10.0 Å². The average Bonchev–Trinajstić information content (AvgIpc) is 3.19. The van der Waals surface area contributed by atoms with Crippen LogP contribution in [0.25, 0.3) is 16.9 Å². The summed E-state index contributed by atoms with van der Waals surface area (Å²) in [6, 6.07) is 4.72. The number of likely N-dealkylation sites (N-methyl/N-ethyl adjacent to an activating group) is 1. The molecule has 216 valence electrons. The molecule has 0 bridgehead atoms. The maximum absolute atomic E-state index is 13.4. The molecule has 1 aliphatic heterocycles. The number of H-pyrrole nitrogens is 1. The molecule has 1 aromatic carbocycles. The van der Waals surface area contributed by atoms with Gasteiger partial charge in [0, 0.05) is 32.6 Å². The molecule has 3 N–H and O–H groups in total. The second-order valence-electron chi connectivity index (χ2n) is 8.85. The van der Waals surface area contributed by atoms with Crippen LogP contribution in [0.4, 0.5) is 0 Å². The fourth-order valence-corrected chi connectivity index (χ4v) is 5.76. The maximum atomic E-state index is 13.4. The molecule has 14 nitrogen and oxygen atoms in total. The third-order valence-electron chi connectivity index (χ3n) is 6.14. The third-order valence-corrected chi connectivity index (χ3v) is 8.03. The third kappa shape index (κ3) is 8.75. The van der Waals surface area contributed by atoms with E-state index in [-0.39, 0.29) is 67.7 Å². The molecule has 0 atom stereocenters. The minimum atomic E-state index is -4.89. The van der Waals surface area contributed by atoms with Crippen LogP contribution in [0, 0.1) is 6.92 Å². The summed E-state index contributed by atoms with van der Waals surface area (Å²) in [6.45, 7) is 11.3. The Balaban J connectivity index is 0.000000858. The fourth-order valence-electron chi connectivity index (χ4n) is 4.31. The van der Waals surface area contributed by atoms with Crippen LogP contribution in [0.5, 0.6) is 5.75 Å². The van der Waals surface area contributed by atoms with Gasteiger partial charge in [0.05, 0.1) is 22.8 Å². The van der Waals surface area contributed by atoms with E-state index in [1.165, 1.54) is 4.31 Å². The Kier molecular flexibility index (Phi) is 13.1. The van der Waals surface area contributed by atoms with Crippen molar-refractivity contribution in [2.45, 2.75) is 45.4 Å². The van der Waals surface area contributed by atoms with Crippen molar-refractivity contribution in [1.82, 2.24) is 28.8 Å². The average molecular weight is 625 g/mol. The second kappa shape index (κ2) is 14.9. The zero-order chi connectivity index (χ0) is 29.0. The van der Waals surface area contributed by atoms with Crippen LogP contribution in [-0.2, 0) is 21.0 Å². The summed E-state index contributed by atoms with van der Waals surface area (Å²) < 4.78 is 44.4. The van der Waals surface area contributed by atoms with Crippen LogP contribution in [0.2, 0.25) is 0 Å². The number of aromatic amines is 1. The number of ether oxygens (including phenoxy) is 1. The van der Waals surface area contributed by atoms with E-state index in [1.807, 2.05) is 13.8 Å². The van der Waals surface area contributed by atoms with Gasteiger partial charge in [-0.05, 0) is 45.0 Å². The monoisotopic (exact) mass is 624 g/mol. The molecule has 0 amide bonds. The molecule has 1 aliphatic rings. The van der Waals surface area contributed by atoms with Gasteiger partial charge < -0.3 is 29.3 Å². The van der Waals surface area contributed by atoms with E-state index < -0.39 is 17.8 Å². The molecule has 4 rings (SSSR count). The summed E-state index contributed by atoms with van der Waals surface area (Å²) in [5, 5.41) is 4.65. The van der Waals surface area contributed by atoms with Gasteiger partial charge in [-0.3, -0.25) is 9.36 Å². The van der Waals surface area contributed by atoms with E-state index in [0.717, 1.165) is 13.0 Å². The Morgan fingerprint density at radius 3 is 2.33 bits per heavy atom. The molecule has 17 heteroatoms. The zero-order valence-corrected chi connectivity index (χ0v) is 28.2. The number of piperazine rings is 1. The molecule has 1 saturated heterocycles. The van der Waals surface area contributed by atoms with Crippen LogP contribution in [-0.4, -0.2) is 86.3 Å². The Hall–Kier alpha value is -1.01. The number of nitrogens with one attached hydrogen (secondary N) is 1. The van der Waals surface area contributed by atoms with Crippen molar-refractivity contribution < 1.29 is 83.8 Å². The molecule has 0 unspecified atom stereocenters. The summed E-state index contributed by atoms with van der Waals surface area (Å²) in [4.78, 5) is 45.6. The number of rotatable bonds is 8. The van der Waals surface area contributed by atoms with Gasteiger partial charge in [0.25, 0.3) is 13.4 Å². The Morgan fingerprint density at radius 2 is 1.77 bits per heavy atom. The number of aryl methyl sites for hydroxylation is 2. The van der Waals surface area contributed by atoms with E-state index in [0.29, 0.717) is 67.6 Å². The predicted octanol–water partition coefficient (Wildman–Crippen LogP) is -2.49. The number of hydrogen-bond acceptors (Lipinski definition) is 9. The molecule has 2 aromatic heterocycles. The first-order valence-corrected chi connectivity index (χ1v) is 15.5. The molecule has 0 spiro atoms. The van der Waals surface area contributed by atoms with Gasteiger partial charge in [-0.1, -0.05) is 13.8 Å². The quantitative estimate of drug-likeness (QED) is 0.177. The second-order valence-corrected chi connectivity index (χ2v) is 11.8. The first kappa shape index (κ1) is 35.2. The number of nitrogens with zero attached hydrogens (tertiary/aromatic N) is 5. The molecule has 0 saturated carbocycles. The van der Waals surface area contributed by atoms with Gasteiger partial charge in [0.1, 0.15) is 11.6 Å². The smallest absolute Gasteiger partial charge is 0.756 e. The van der Waals surface area contributed by atoms with E-state index in [9.17, 15) is 13.2 Å². The number of aromatic nitrogens is 4. The first-order chi connectivity index (χ1) is 18.3. The minimum Gasteiger partial charge on any atom is -0.756 e. The van der Waals surface area contributed by atoms with Gasteiger partial charge in [0.15, 0.2) is 11.3 Å². The number of sulfonamides is 1. The topological polar surface area (TPSA) is 193 Å². The van der Waals surface area contributed by atoms with Crippen molar-refractivity contribution in [2.75, 3.05) is 39.3 Å². The molecular weight excluding hydrogens is 590 g/mol. The maximum Gasteiger partial charge on any atom is 1.00 e. The van der Waals surface area contributed by atoms with Crippen molar-refractivity contribution in [3.05, 3.63) is 40.1 Å². The SMILES string of the molecule is CCCc1nc(C)c2c(=O)[nH]c(-c3cc(S(=O)(=O)N4CCN(CC)CC4)ccc3OCC)nn12.O=P([O-])(O)O.[K+]. The van der Waals surface area contributed by atoms with Crippen LogP contribution < -0.4 is 66.6 Å². The fraction of sp³-hybridized carbons (Fsp3) is 0.522. The Labute approximate surface area is 275 Å². The van der Waals surface area contributed by atoms with Crippen molar-refractivity contribution in [3.8, 4) is 17.1 Å². The number of phosphoric acid groups is 1. The summed E-state index contributed by atoms with van der Waals surface area (Å²) in [5.74, 6) is 1.38. The van der Waals surface area contributed by atoms with Gasteiger partial charge in [-0.15, -0.1) is 5.10 Å². The van der Waals surface area contributed by atoms with E-state index >= 15 is 0 Å². The number of hydrogen-bond donors (Lipinski definition) is 3. The van der Waals surface area contributed by atoms with Gasteiger partial charge in [-0.2, -0.15) is 4.31 Å². The standard InChI is InChI=1S/C23H32N6O4S.K.H3O4P/c1-5-8-20-24-16(4)21-23(30)25-22(26-29(20)21)18-15-17(9-10-19(18)33-7-3)34(31,32)28-13-11-27(6-2)12-14-28;;1-5(2,3)4/h9-10,15H,5-8,11-14H2,1-4H3,(H,25,26,30);;(H3,1,2,3,4)/q;+1;/p-1. The number of benzene rings is 1. The molecule has 3 aromatic rings. The van der Waals surface area contributed by atoms with E-state index in [1.54, 1.807) is 29.6 Å². The largest absolute Gasteiger partial charge is 1.00 e. The van der Waals surface area contributed by atoms with E-state index in [2.05, 4.69) is 26.9 Å². The van der Waals surface area contributed by atoms with Crippen molar-refractivity contribution in [3.63, 3.8) is 0 Å². The van der Waals surface area contributed by atoms with Gasteiger partial charge in [-0.25, -0.2) is 17.9 Å². The molecule has 3 heterocycles. The molecule has 1 fully saturated rings. The zero-order valence-electron chi connectivity index (χ0n) is 23.3. The molecule has 0 aliphatic carbocycles. The predicted molar refractivity (Wildman–Crippen MR) is 142 cm³/mol. The summed E-state index contributed by atoms with van der Waals surface area (Å²) in [5.41, 5.74) is 1.09. The van der Waals surface area contributed by atoms with E-state index in [4.69, 9.17) is 24.0 Å². The van der Waals surface area contributed by atoms with Crippen LogP contribution in [0.1, 0.15) is 38.7 Å².